The van der Waals surface area contributed by atoms with Crippen LogP contribution >= 0.6 is 0 Å². The fraction of sp³-hybridized carbons (Fsp3) is 0.625. The summed E-state index contributed by atoms with van der Waals surface area (Å²) < 4.78 is 66.8. The molecule has 3 heterocycles. The number of piperidine rings is 1. The topological polar surface area (TPSA) is 79.6 Å². The molecule has 0 aliphatic carbocycles. The molecule has 0 bridgehead atoms. The minimum atomic E-state index is -3.53. The Hall–Kier alpha value is -1.88. The van der Waals surface area contributed by atoms with Crippen LogP contribution in [0.1, 0.15) is 31.9 Å². The van der Waals surface area contributed by atoms with Crippen LogP contribution in [0.25, 0.3) is 5.52 Å². The molecule has 1 unspecified atom stereocenters. The SMILES string of the molecule is CC(C)c1cc(F)c2cnc(N[C@H]3CCN(S(C)(=O)=O)CC3C(F)F)nn12. The highest BCUT2D eigenvalue weighted by molar-refractivity contribution is 7.88. The summed E-state index contributed by atoms with van der Waals surface area (Å²) in [4.78, 5) is 4.04. The number of fused-ring (bicyclic) bond motifs is 1. The van der Waals surface area contributed by atoms with Gasteiger partial charge in [-0.2, -0.15) is 0 Å². The predicted molar refractivity (Wildman–Crippen MR) is 95.0 cm³/mol. The normalized spacial score (nSPS) is 22.1. The Morgan fingerprint density at radius 3 is 2.63 bits per heavy atom. The number of nitrogens with one attached hydrogen (secondary N) is 1. The number of sulfonamides is 1. The van der Waals surface area contributed by atoms with E-state index in [2.05, 4.69) is 15.4 Å². The lowest BCUT2D eigenvalue weighted by molar-refractivity contribution is 0.0398. The Kier molecular flexibility index (Phi) is 5.35. The van der Waals surface area contributed by atoms with E-state index in [-0.39, 0.29) is 36.9 Å². The lowest BCUT2D eigenvalue weighted by atomic mass is 9.94. The van der Waals surface area contributed by atoms with E-state index in [9.17, 15) is 21.6 Å². The van der Waals surface area contributed by atoms with Crippen LogP contribution in [0.3, 0.4) is 0 Å². The maximum atomic E-state index is 14.0. The molecule has 0 radical (unpaired) electrons. The van der Waals surface area contributed by atoms with E-state index in [1.54, 1.807) is 0 Å². The van der Waals surface area contributed by atoms with Crippen molar-refractivity contribution in [2.75, 3.05) is 24.7 Å². The molecule has 150 valence electrons. The lowest BCUT2D eigenvalue weighted by Crippen LogP contribution is -2.50. The maximum absolute atomic E-state index is 14.0. The molecule has 1 aliphatic rings. The molecule has 1 saturated heterocycles. The van der Waals surface area contributed by atoms with Crippen molar-refractivity contribution in [2.24, 2.45) is 5.92 Å². The van der Waals surface area contributed by atoms with Gasteiger partial charge in [0.25, 0.3) is 0 Å². The first kappa shape index (κ1) is 19.9. The van der Waals surface area contributed by atoms with Crippen molar-refractivity contribution in [3.05, 3.63) is 23.8 Å². The quantitative estimate of drug-likeness (QED) is 0.826. The average molecular weight is 405 g/mol. The second kappa shape index (κ2) is 7.27. The Labute approximate surface area is 155 Å². The predicted octanol–water partition coefficient (Wildman–Crippen LogP) is 2.32. The van der Waals surface area contributed by atoms with Crippen molar-refractivity contribution >= 4 is 21.5 Å². The Morgan fingerprint density at radius 2 is 2.04 bits per heavy atom. The number of halogens is 3. The van der Waals surface area contributed by atoms with E-state index in [0.717, 1.165) is 10.6 Å². The molecule has 3 rings (SSSR count). The number of hydrogen-bond acceptors (Lipinski definition) is 5. The third-order valence-corrected chi connectivity index (χ3v) is 6.09. The van der Waals surface area contributed by atoms with Crippen molar-refractivity contribution < 1.29 is 21.6 Å². The summed E-state index contributed by atoms with van der Waals surface area (Å²) in [6.45, 7) is 3.65. The Bertz CT molecular complexity index is 932. The summed E-state index contributed by atoms with van der Waals surface area (Å²) in [5.41, 5.74) is 0.854. The smallest absolute Gasteiger partial charge is 0.244 e. The first-order valence-electron chi connectivity index (χ1n) is 8.62. The molecule has 0 saturated carbocycles. The minimum absolute atomic E-state index is 0.0107. The van der Waals surface area contributed by atoms with Gasteiger partial charge in [-0.25, -0.2) is 35.4 Å². The monoisotopic (exact) mass is 405 g/mol. The molecular formula is C16H22F3N5O2S. The molecule has 1 N–H and O–H groups in total. The minimum Gasteiger partial charge on any atom is -0.350 e. The first-order chi connectivity index (χ1) is 12.6. The highest BCUT2D eigenvalue weighted by Crippen LogP contribution is 2.27. The highest BCUT2D eigenvalue weighted by atomic mass is 32.2. The van der Waals surface area contributed by atoms with Crippen molar-refractivity contribution in [2.45, 2.75) is 38.7 Å². The van der Waals surface area contributed by atoms with E-state index < -0.39 is 34.2 Å². The highest BCUT2D eigenvalue weighted by Gasteiger charge is 2.38. The van der Waals surface area contributed by atoms with Gasteiger partial charge in [0.1, 0.15) is 5.52 Å². The van der Waals surface area contributed by atoms with E-state index in [4.69, 9.17) is 0 Å². The Morgan fingerprint density at radius 1 is 1.33 bits per heavy atom. The molecule has 11 heteroatoms. The lowest BCUT2D eigenvalue weighted by Gasteiger charge is -2.37. The largest absolute Gasteiger partial charge is 0.350 e. The van der Waals surface area contributed by atoms with Crippen LogP contribution in [-0.2, 0) is 10.0 Å². The zero-order chi connectivity index (χ0) is 19.9. The number of alkyl halides is 2. The zero-order valence-corrected chi connectivity index (χ0v) is 16.0. The van der Waals surface area contributed by atoms with Gasteiger partial charge in [-0.05, 0) is 18.4 Å². The van der Waals surface area contributed by atoms with E-state index in [1.807, 2.05) is 13.8 Å². The van der Waals surface area contributed by atoms with Gasteiger partial charge in [-0.3, -0.25) is 0 Å². The summed E-state index contributed by atoms with van der Waals surface area (Å²) in [6, 6.07) is 0.689. The van der Waals surface area contributed by atoms with E-state index in [0.29, 0.717) is 5.69 Å². The zero-order valence-electron chi connectivity index (χ0n) is 15.2. The van der Waals surface area contributed by atoms with Crippen molar-refractivity contribution in [1.29, 1.82) is 0 Å². The molecule has 0 amide bonds. The third kappa shape index (κ3) is 4.03. The summed E-state index contributed by atoms with van der Waals surface area (Å²) in [5.74, 6) is -1.53. The van der Waals surface area contributed by atoms with Crippen molar-refractivity contribution in [3.63, 3.8) is 0 Å². The van der Waals surface area contributed by atoms with Crippen LogP contribution in [0.5, 0.6) is 0 Å². The van der Waals surface area contributed by atoms with Gasteiger partial charge < -0.3 is 5.32 Å². The van der Waals surface area contributed by atoms with Crippen LogP contribution in [-0.4, -0.2) is 59.1 Å². The molecular weight excluding hydrogens is 383 g/mol. The maximum Gasteiger partial charge on any atom is 0.244 e. The van der Waals surface area contributed by atoms with Crippen LogP contribution in [0.4, 0.5) is 19.1 Å². The van der Waals surface area contributed by atoms with Gasteiger partial charge >= 0.3 is 0 Å². The summed E-state index contributed by atoms with van der Waals surface area (Å²) in [7, 11) is -3.53. The van der Waals surface area contributed by atoms with Gasteiger partial charge in [-0.1, -0.05) is 13.8 Å². The standard InChI is InChI=1S/C16H22F3N5O2S/c1-9(2)13-6-11(17)14-7-20-16(22-24(13)14)21-12-4-5-23(27(3,25)26)8-10(12)15(18)19/h6-7,9-10,12,15H,4-5,8H2,1-3H3,(H,21,22)/t10?,12-/m0/s1. The van der Waals surface area contributed by atoms with Crippen molar-refractivity contribution in [3.8, 4) is 0 Å². The summed E-state index contributed by atoms with van der Waals surface area (Å²) in [6.07, 6.45) is -0.194. The molecule has 0 aromatic carbocycles. The first-order valence-corrected chi connectivity index (χ1v) is 10.5. The number of aromatic nitrogens is 3. The van der Waals surface area contributed by atoms with E-state index >= 15 is 0 Å². The van der Waals surface area contributed by atoms with Crippen LogP contribution in [0.15, 0.2) is 12.3 Å². The van der Waals surface area contributed by atoms with Gasteiger partial charge in [0.05, 0.1) is 18.4 Å². The molecule has 2 aromatic rings. The second-order valence-electron chi connectivity index (χ2n) is 7.11. The molecule has 1 fully saturated rings. The fourth-order valence-electron chi connectivity index (χ4n) is 3.31. The molecule has 0 spiro atoms. The van der Waals surface area contributed by atoms with Gasteiger partial charge in [0.15, 0.2) is 5.82 Å². The molecule has 27 heavy (non-hydrogen) atoms. The van der Waals surface area contributed by atoms with Crippen LogP contribution < -0.4 is 5.32 Å². The Balaban J connectivity index is 1.86. The molecule has 7 nitrogen and oxygen atoms in total. The summed E-state index contributed by atoms with van der Waals surface area (Å²) >= 11 is 0. The third-order valence-electron chi connectivity index (χ3n) is 4.82. The van der Waals surface area contributed by atoms with Crippen LogP contribution in [0.2, 0.25) is 0 Å². The average Bonchev–Trinajstić information content (AvgIpc) is 2.90. The van der Waals surface area contributed by atoms with E-state index in [1.165, 1.54) is 16.8 Å². The second-order valence-corrected chi connectivity index (χ2v) is 9.09. The number of anilines is 1. The van der Waals surface area contributed by atoms with Crippen LogP contribution in [0, 0.1) is 11.7 Å². The van der Waals surface area contributed by atoms with Gasteiger partial charge in [0, 0.05) is 24.8 Å². The fourth-order valence-corrected chi connectivity index (χ4v) is 4.19. The van der Waals surface area contributed by atoms with Gasteiger partial charge in [-0.15, -0.1) is 5.10 Å². The number of nitrogens with zero attached hydrogens (tertiary/aromatic N) is 4. The molecule has 2 atom stereocenters. The van der Waals surface area contributed by atoms with Crippen molar-refractivity contribution in [1.82, 2.24) is 18.9 Å². The number of hydrogen-bond donors (Lipinski definition) is 1. The molecule has 1 aliphatic heterocycles. The number of rotatable bonds is 5. The molecule has 2 aromatic heterocycles. The summed E-state index contributed by atoms with van der Waals surface area (Å²) in [5, 5.41) is 7.14. The van der Waals surface area contributed by atoms with Gasteiger partial charge in [0.2, 0.25) is 22.4 Å².